The molecule has 0 spiro atoms. The van der Waals surface area contributed by atoms with Gasteiger partial charge in [0.05, 0.1) is 17.4 Å². The molecular formula is C19H18ClN5O. The number of para-hydroxylation sites is 1. The van der Waals surface area contributed by atoms with Gasteiger partial charge >= 0.3 is 0 Å². The van der Waals surface area contributed by atoms with Gasteiger partial charge in [0.1, 0.15) is 0 Å². The van der Waals surface area contributed by atoms with Gasteiger partial charge < -0.3 is 5.32 Å². The van der Waals surface area contributed by atoms with E-state index in [1.807, 2.05) is 60.7 Å². The lowest BCUT2D eigenvalue weighted by Gasteiger charge is -2.12. The van der Waals surface area contributed by atoms with E-state index < -0.39 is 0 Å². The van der Waals surface area contributed by atoms with Crippen LogP contribution in [0.5, 0.6) is 0 Å². The van der Waals surface area contributed by atoms with Crippen molar-refractivity contribution >= 4 is 34.0 Å². The number of nitrogens with one attached hydrogen (secondary N) is 1. The van der Waals surface area contributed by atoms with Crippen molar-refractivity contribution in [2.75, 3.05) is 5.32 Å². The van der Waals surface area contributed by atoms with Crippen molar-refractivity contribution in [1.82, 2.24) is 19.2 Å². The molecule has 132 valence electrons. The first-order valence-corrected chi connectivity index (χ1v) is 8.84. The summed E-state index contributed by atoms with van der Waals surface area (Å²) < 4.78 is 3.58. The number of aryl methyl sites for hydroxylation is 1. The van der Waals surface area contributed by atoms with Crippen LogP contribution in [-0.4, -0.2) is 19.2 Å². The summed E-state index contributed by atoms with van der Waals surface area (Å²) in [6.07, 6.45) is 0. The van der Waals surface area contributed by atoms with Crippen LogP contribution in [0.15, 0.2) is 47.3 Å². The van der Waals surface area contributed by atoms with Crippen LogP contribution in [0, 0.1) is 6.92 Å². The highest BCUT2D eigenvalue weighted by atomic mass is 35.5. The number of aromatic nitrogens is 4. The highest BCUT2D eigenvalue weighted by Gasteiger charge is 2.15. The molecule has 0 aliphatic carbocycles. The van der Waals surface area contributed by atoms with Gasteiger partial charge in [-0.2, -0.15) is 0 Å². The SMILES string of the molecule is CCn1c(=O)c2ccccc2n2c(CNc3cccc(Cl)c3C)nnc12. The molecule has 2 aromatic heterocycles. The zero-order chi connectivity index (χ0) is 18.3. The topological polar surface area (TPSA) is 64.2 Å². The minimum atomic E-state index is -0.0480. The van der Waals surface area contributed by atoms with E-state index in [9.17, 15) is 4.79 Å². The number of hydrogen-bond acceptors (Lipinski definition) is 4. The molecule has 26 heavy (non-hydrogen) atoms. The Labute approximate surface area is 155 Å². The second-order valence-electron chi connectivity index (χ2n) is 6.08. The van der Waals surface area contributed by atoms with E-state index in [1.54, 1.807) is 4.57 Å². The van der Waals surface area contributed by atoms with Gasteiger partial charge in [0.15, 0.2) is 5.82 Å². The fraction of sp³-hybridized carbons (Fsp3) is 0.211. The molecule has 0 unspecified atom stereocenters. The number of hydrogen-bond donors (Lipinski definition) is 1. The number of nitrogens with zero attached hydrogens (tertiary/aromatic N) is 4. The number of fused-ring (bicyclic) bond motifs is 3. The van der Waals surface area contributed by atoms with Crippen LogP contribution in [0.3, 0.4) is 0 Å². The van der Waals surface area contributed by atoms with Gasteiger partial charge in [-0.1, -0.05) is 29.8 Å². The molecule has 0 radical (unpaired) electrons. The highest BCUT2D eigenvalue weighted by Crippen LogP contribution is 2.23. The molecule has 2 heterocycles. The lowest BCUT2D eigenvalue weighted by atomic mass is 10.2. The first-order valence-electron chi connectivity index (χ1n) is 8.46. The molecule has 1 N–H and O–H groups in total. The highest BCUT2D eigenvalue weighted by molar-refractivity contribution is 6.31. The normalized spacial score (nSPS) is 11.3. The zero-order valence-electron chi connectivity index (χ0n) is 14.5. The van der Waals surface area contributed by atoms with Crippen LogP contribution in [0.25, 0.3) is 16.7 Å². The molecular weight excluding hydrogens is 350 g/mol. The Hall–Kier alpha value is -2.86. The third kappa shape index (κ3) is 2.54. The summed E-state index contributed by atoms with van der Waals surface area (Å²) in [4.78, 5) is 12.7. The standard InChI is InChI=1S/C19H18ClN5O/c1-3-24-18(26)13-7-4-5-10-16(13)25-17(22-23-19(24)25)11-21-15-9-6-8-14(20)12(15)2/h4-10,21H,3,11H2,1-2H3. The van der Waals surface area contributed by atoms with E-state index in [2.05, 4.69) is 15.5 Å². The fourth-order valence-electron chi connectivity index (χ4n) is 3.19. The van der Waals surface area contributed by atoms with Crippen molar-refractivity contribution in [1.29, 1.82) is 0 Å². The fourth-order valence-corrected chi connectivity index (χ4v) is 3.36. The third-order valence-corrected chi connectivity index (χ3v) is 5.01. The summed E-state index contributed by atoms with van der Waals surface area (Å²) in [5.74, 6) is 1.29. The van der Waals surface area contributed by atoms with E-state index in [0.29, 0.717) is 29.3 Å². The van der Waals surface area contributed by atoms with Gasteiger partial charge in [0, 0.05) is 17.3 Å². The summed E-state index contributed by atoms with van der Waals surface area (Å²) in [5.41, 5.74) is 2.69. The van der Waals surface area contributed by atoms with Crippen LogP contribution in [-0.2, 0) is 13.1 Å². The number of anilines is 1. The lowest BCUT2D eigenvalue weighted by molar-refractivity contribution is 0.734. The third-order valence-electron chi connectivity index (χ3n) is 4.60. The van der Waals surface area contributed by atoms with E-state index in [4.69, 9.17) is 11.6 Å². The molecule has 0 saturated carbocycles. The summed E-state index contributed by atoms with van der Waals surface area (Å²) in [5, 5.41) is 13.3. The van der Waals surface area contributed by atoms with E-state index in [0.717, 1.165) is 22.6 Å². The number of halogens is 1. The van der Waals surface area contributed by atoms with Gasteiger partial charge in [-0.05, 0) is 43.7 Å². The second-order valence-corrected chi connectivity index (χ2v) is 6.49. The Bertz CT molecular complexity index is 1180. The van der Waals surface area contributed by atoms with Crippen molar-refractivity contribution in [3.63, 3.8) is 0 Å². The lowest BCUT2D eigenvalue weighted by Crippen LogP contribution is -2.23. The van der Waals surface area contributed by atoms with E-state index >= 15 is 0 Å². The average molecular weight is 368 g/mol. The number of rotatable bonds is 4. The van der Waals surface area contributed by atoms with Crippen molar-refractivity contribution in [3.8, 4) is 0 Å². The zero-order valence-corrected chi connectivity index (χ0v) is 15.3. The van der Waals surface area contributed by atoms with Crippen LogP contribution >= 0.6 is 11.6 Å². The van der Waals surface area contributed by atoms with Crippen molar-refractivity contribution in [2.24, 2.45) is 0 Å². The Morgan fingerprint density at radius 2 is 1.92 bits per heavy atom. The predicted octanol–water partition coefficient (Wildman–Crippen LogP) is 3.64. The predicted molar refractivity (Wildman–Crippen MR) is 104 cm³/mol. The first kappa shape index (κ1) is 16.6. The Balaban J connectivity index is 1.85. The Morgan fingerprint density at radius 1 is 1.12 bits per heavy atom. The van der Waals surface area contributed by atoms with Crippen LogP contribution in [0.2, 0.25) is 5.02 Å². The average Bonchev–Trinajstić information content (AvgIpc) is 3.07. The first-order chi connectivity index (χ1) is 12.6. The van der Waals surface area contributed by atoms with Crippen molar-refractivity contribution in [3.05, 3.63) is 69.2 Å². The van der Waals surface area contributed by atoms with Crippen LogP contribution < -0.4 is 10.9 Å². The van der Waals surface area contributed by atoms with Gasteiger partial charge in [-0.15, -0.1) is 10.2 Å². The largest absolute Gasteiger partial charge is 0.377 e. The molecule has 0 amide bonds. The van der Waals surface area contributed by atoms with Gasteiger partial charge in [-0.25, -0.2) is 0 Å². The number of benzene rings is 2. The van der Waals surface area contributed by atoms with Crippen LogP contribution in [0.4, 0.5) is 5.69 Å². The molecule has 6 nitrogen and oxygen atoms in total. The van der Waals surface area contributed by atoms with Crippen molar-refractivity contribution in [2.45, 2.75) is 26.9 Å². The van der Waals surface area contributed by atoms with Crippen LogP contribution in [0.1, 0.15) is 18.3 Å². The Morgan fingerprint density at radius 3 is 2.73 bits per heavy atom. The van der Waals surface area contributed by atoms with E-state index in [-0.39, 0.29) is 5.56 Å². The summed E-state index contributed by atoms with van der Waals surface area (Å²) in [6, 6.07) is 13.3. The second kappa shape index (κ2) is 6.46. The molecule has 4 aromatic rings. The maximum Gasteiger partial charge on any atom is 0.262 e. The minimum absolute atomic E-state index is 0.0480. The monoisotopic (exact) mass is 367 g/mol. The quantitative estimate of drug-likeness (QED) is 0.598. The van der Waals surface area contributed by atoms with Crippen molar-refractivity contribution < 1.29 is 0 Å². The molecule has 4 rings (SSSR count). The molecule has 2 aromatic carbocycles. The molecule has 0 atom stereocenters. The molecule has 7 heteroatoms. The summed E-state index contributed by atoms with van der Waals surface area (Å²) >= 11 is 6.19. The molecule has 0 aliphatic heterocycles. The summed E-state index contributed by atoms with van der Waals surface area (Å²) in [7, 11) is 0. The van der Waals surface area contributed by atoms with Gasteiger partial charge in [-0.3, -0.25) is 13.8 Å². The Kier molecular flexibility index (Phi) is 4.12. The van der Waals surface area contributed by atoms with Gasteiger partial charge in [0.25, 0.3) is 5.56 Å². The smallest absolute Gasteiger partial charge is 0.262 e. The van der Waals surface area contributed by atoms with E-state index in [1.165, 1.54) is 0 Å². The van der Waals surface area contributed by atoms with Gasteiger partial charge in [0.2, 0.25) is 5.78 Å². The minimum Gasteiger partial charge on any atom is -0.377 e. The summed E-state index contributed by atoms with van der Waals surface area (Å²) in [6.45, 7) is 4.90. The molecule has 0 bridgehead atoms. The molecule has 0 fully saturated rings. The maximum atomic E-state index is 12.7. The maximum absolute atomic E-state index is 12.7. The molecule has 0 aliphatic rings. The molecule has 0 saturated heterocycles.